The molecule has 3 rings (SSSR count). The van der Waals surface area contributed by atoms with E-state index in [-0.39, 0.29) is 6.10 Å². The zero-order chi connectivity index (χ0) is 19.8. The molecule has 2 heterocycles. The van der Waals surface area contributed by atoms with E-state index in [4.69, 9.17) is 9.47 Å². The first-order valence-electron chi connectivity index (χ1n) is 9.97. The first-order chi connectivity index (χ1) is 13.6. The molecule has 0 radical (unpaired) electrons. The normalized spacial score (nSPS) is 17.0. The van der Waals surface area contributed by atoms with Gasteiger partial charge in [0.1, 0.15) is 12.4 Å². The lowest BCUT2D eigenvalue weighted by Gasteiger charge is -2.17. The highest BCUT2D eigenvalue weighted by atomic mass is 16.5. The van der Waals surface area contributed by atoms with Crippen molar-refractivity contribution in [2.75, 3.05) is 19.8 Å². The van der Waals surface area contributed by atoms with Crippen molar-refractivity contribution in [1.29, 1.82) is 0 Å². The fourth-order valence-corrected chi connectivity index (χ4v) is 3.15. The van der Waals surface area contributed by atoms with Crippen molar-refractivity contribution in [2.24, 2.45) is 12.0 Å². The van der Waals surface area contributed by atoms with Gasteiger partial charge < -0.3 is 20.1 Å². The van der Waals surface area contributed by atoms with Crippen LogP contribution in [0, 0.1) is 6.92 Å². The molecule has 7 nitrogen and oxygen atoms in total. The number of rotatable bonds is 8. The average Bonchev–Trinajstić information content (AvgIpc) is 3.35. The number of ether oxygens (including phenoxy) is 2. The molecule has 1 atom stereocenters. The predicted molar refractivity (Wildman–Crippen MR) is 111 cm³/mol. The molecule has 1 fully saturated rings. The summed E-state index contributed by atoms with van der Waals surface area (Å²) in [6, 6.07) is 6.30. The van der Waals surface area contributed by atoms with Gasteiger partial charge in [-0.3, -0.25) is 4.68 Å². The molecule has 1 aliphatic rings. The van der Waals surface area contributed by atoms with Crippen molar-refractivity contribution in [3.63, 3.8) is 0 Å². The molecule has 0 amide bonds. The Morgan fingerprint density at radius 2 is 2.29 bits per heavy atom. The maximum Gasteiger partial charge on any atom is 0.191 e. The van der Waals surface area contributed by atoms with Crippen LogP contribution in [-0.2, 0) is 24.9 Å². The monoisotopic (exact) mass is 385 g/mol. The summed E-state index contributed by atoms with van der Waals surface area (Å²) in [5.74, 6) is 1.68. The smallest absolute Gasteiger partial charge is 0.191 e. The highest BCUT2D eigenvalue weighted by molar-refractivity contribution is 5.79. The Kier molecular flexibility index (Phi) is 7.31. The van der Waals surface area contributed by atoms with E-state index in [2.05, 4.69) is 52.8 Å². The molecule has 2 aromatic rings. The first-order valence-corrected chi connectivity index (χ1v) is 9.97. The van der Waals surface area contributed by atoms with Gasteiger partial charge in [-0.15, -0.1) is 0 Å². The number of hydrogen-bond acceptors (Lipinski definition) is 4. The third-order valence-corrected chi connectivity index (χ3v) is 4.64. The Bertz CT molecular complexity index is 781. The first kappa shape index (κ1) is 20.2. The molecular formula is C21H31N5O2. The predicted octanol–water partition coefficient (Wildman–Crippen LogP) is 2.54. The van der Waals surface area contributed by atoms with Crippen molar-refractivity contribution < 1.29 is 9.47 Å². The largest absolute Gasteiger partial charge is 0.491 e. The van der Waals surface area contributed by atoms with Crippen LogP contribution in [-0.4, -0.2) is 41.6 Å². The fourth-order valence-electron chi connectivity index (χ4n) is 3.15. The SMILES string of the molecule is CCNC(=NCc1cnn(C)c1)NCc1ccc(C)cc1OCC1CCCO1. The molecule has 2 N–H and O–H groups in total. The van der Waals surface area contributed by atoms with E-state index in [0.717, 1.165) is 48.8 Å². The Labute approximate surface area is 167 Å². The maximum atomic E-state index is 6.09. The molecule has 1 aliphatic heterocycles. The standard InChI is InChI=1S/C21H31N5O2/c1-4-22-21(23-11-17-12-25-26(3)14-17)24-13-18-8-7-16(2)10-20(18)28-15-19-6-5-9-27-19/h7-8,10,12,14,19H,4-6,9,11,13,15H2,1-3H3,(H2,22,23,24). The highest BCUT2D eigenvalue weighted by Crippen LogP contribution is 2.22. The summed E-state index contributed by atoms with van der Waals surface area (Å²) in [4.78, 5) is 4.65. The van der Waals surface area contributed by atoms with Gasteiger partial charge in [0.2, 0.25) is 0 Å². The van der Waals surface area contributed by atoms with Crippen molar-refractivity contribution in [3.8, 4) is 5.75 Å². The molecule has 152 valence electrons. The summed E-state index contributed by atoms with van der Waals surface area (Å²) >= 11 is 0. The topological polar surface area (TPSA) is 72.7 Å². The van der Waals surface area contributed by atoms with Crippen molar-refractivity contribution >= 4 is 5.96 Å². The molecule has 28 heavy (non-hydrogen) atoms. The zero-order valence-electron chi connectivity index (χ0n) is 17.1. The molecule has 1 aromatic heterocycles. The van der Waals surface area contributed by atoms with Gasteiger partial charge in [0.25, 0.3) is 0 Å². The molecule has 1 unspecified atom stereocenters. The van der Waals surface area contributed by atoms with Crippen LogP contribution in [0.3, 0.4) is 0 Å². The third kappa shape index (κ3) is 5.99. The summed E-state index contributed by atoms with van der Waals surface area (Å²) in [5.41, 5.74) is 3.37. The van der Waals surface area contributed by atoms with Gasteiger partial charge in [-0.2, -0.15) is 5.10 Å². The summed E-state index contributed by atoms with van der Waals surface area (Å²) in [6.45, 7) is 7.61. The minimum Gasteiger partial charge on any atom is -0.491 e. The lowest BCUT2D eigenvalue weighted by Crippen LogP contribution is -2.36. The zero-order valence-corrected chi connectivity index (χ0v) is 17.1. The number of benzene rings is 1. The minimum atomic E-state index is 0.208. The van der Waals surface area contributed by atoms with Gasteiger partial charge in [-0.05, 0) is 38.3 Å². The quantitative estimate of drug-likeness (QED) is 0.540. The number of hydrogen-bond donors (Lipinski definition) is 2. The number of guanidine groups is 1. The van der Waals surface area contributed by atoms with Gasteiger partial charge >= 0.3 is 0 Å². The van der Waals surface area contributed by atoms with E-state index in [1.54, 1.807) is 4.68 Å². The van der Waals surface area contributed by atoms with Gasteiger partial charge in [-0.1, -0.05) is 12.1 Å². The summed E-state index contributed by atoms with van der Waals surface area (Å²) in [7, 11) is 1.91. The number of aliphatic imine (C=N–C) groups is 1. The van der Waals surface area contributed by atoms with Crippen molar-refractivity contribution in [1.82, 2.24) is 20.4 Å². The molecular weight excluding hydrogens is 354 g/mol. The Hall–Kier alpha value is -2.54. The van der Waals surface area contributed by atoms with Crippen molar-refractivity contribution in [2.45, 2.75) is 45.9 Å². The lowest BCUT2D eigenvalue weighted by atomic mass is 10.1. The van der Waals surface area contributed by atoms with Crippen molar-refractivity contribution in [3.05, 3.63) is 47.3 Å². The van der Waals surface area contributed by atoms with Gasteiger partial charge in [0.15, 0.2) is 5.96 Å². The van der Waals surface area contributed by atoms with Crippen LogP contribution < -0.4 is 15.4 Å². The lowest BCUT2D eigenvalue weighted by molar-refractivity contribution is 0.0676. The number of nitrogens with zero attached hydrogens (tertiary/aromatic N) is 3. The van der Waals surface area contributed by atoms with Crippen LogP contribution in [0.1, 0.15) is 36.5 Å². The molecule has 0 saturated carbocycles. The van der Waals surface area contributed by atoms with Crippen LogP contribution in [0.15, 0.2) is 35.6 Å². The second kappa shape index (κ2) is 10.1. The molecule has 0 bridgehead atoms. The molecule has 0 aliphatic carbocycles. The molecule has 1 aromatic carbocycles. The highest BCUT2D eigenvalue weighted by Gasteiger charge is 2.17. The number of aryl methyl sites for hydroxylation is 2. The third-order valence-electron chi connectivity index (χ3n) is 4.64. The van der Waals surface area contributed by atoms with E-state index in [9.17, 15) is 0 Å². The van der Waals surface area contributed by atoms with Crippen LogP contribution in [0.25, 0.3) is 0 Å². The summed E-state index contributed by atoms with van der Waals surface area (Å²) in [6.07, 6.45) is 6.22. The molecule has 7 heteroatoms. The Morgan fingerprint density at radius 1 is 1.39 bits per heavy atom. The van der Waals surface area contributed by atoms with Crippen LogP contribution >= 0.6 is 0 Å². The minimum absolute atomic E-state index is 0.208. The van der Waals surface area contributed by atoms with Gasteiger partial charge in [0, 0.05) is 44.1 Å². The summed E-state index contributed by atoms with van der Waals surface area (Å²) in [5, 5.41) is 10.9. The van der Waals surface area contributed by atoms with E-state index < -0.39 is 0 Å². The average molecular weight is 386 g/mol. The Morgan fingerprint density at radius 3 is 3.00 bits per heavy atom. The van der Waals surface area contributed by atoms with E-state index in [1.807, 2.05) is 19.4 Å². The Balaban J connectivity index is 1.61. The van der Waals surface area contributed by atoms with E-state index in [1.165, 1.54) is 5.56 Å². The van der Waals surface area contributed by atoms with Crippen LogP contribution in [0.5, 0.6) is 5.75 Å². The van der Waals surface area contributed by atoms with Gasteiger partial charge in [0.05, 0.1) is 18.8 Å². The fraction of sp³-hybridized carbons (Fsp3) is 0.524. The number of aromatic nitrogens is 2. The van der Waals surface area contributed by atoms with E-state index in [0.29, 0.717) is 19.7 Å². The van der Waals surface area contributed by atoms with Gasteiger partial charge in [-0.25, -0.2) is 4.99 Å². The molecule has 1 saturated heterocycles. The van der Waals surface area contributed by atoms with E-state index >= 15 is 0 Å². The number of nitrogens with one attached hydrogen (secondary N) is 2. The second-order valence-corrected chi connectivity index (χ2v) is 7.13. The molecule has 0 spiro atoms. The summed E-state index contributed by atoms with van der Waals surface area (Å²) < 4.78 is 13.6. The van der Waals surface area contributed by atoms with Crippen LogP contribution in [0.2, 0.25) is 0 Å². The van der Waals surface area contributed by atoms with Crippen LogP contribution in [0.4, 0.5) is 0 Å². The maximum absolute atomic E-state index is 6.09. The second-order valence-electron chi connectivity index (χ2n) is 7.13.